The van der Waals surface area contributed by atoms with E-state index in [9.17, 15) is 4.79 Å². The molecule has 0 atom stereocenters. The molecule has 0 saturated heterocycles. The molecule has 1 heterocycles. The van der Waals surface area contributed by atoms with Crippen LogP contribution in [-0.2, 0) is 4.79 Å². The largest absolute Gasteiger partial charge is 0.323 e. The maximum atomic E-state index is 11.9. The van der Waals surface area contributed by atoms with Crippen LogP contribution in [0.3, 0.4) is 0 Å². The minimum atomic E-state index is 0.0167. The van der Waals surface area contributed by atoms with Crippen LogP contribution in [0.25, 0.3) is 0 Å². The molecular formula is C12H17ClN2O. The van der Waals surface area contributed by atoms with Crippen molar-refractivity contribution in [1.29, 1.82) is 0 Å². The highest BCUT2D eigenvalue weighted by Gasteiger charge is 2.16. The summed E-state index contributed by atoms with van der Waals surface area (Å²) in [6, 6.07) is 1.83. The summed E-state index contributed by atoms with van der Waals surface area (Å²) in [4.78, 5) is 15.8. The Kier molecular flexibility index (Phi) is 4.74. The second-order valence-corrected chi connectivity index (χ2v) is 4.15. The van der Waals surface area contributed by atoms with Gasteiger partial charge in [-0.05, 0) is 31.4 Å². The van der Waals surface area contributed by atoms with E-state index >= 15 is 0 Å². The van der Waals surface area contributed by atoms with E-state index < -0.39 is 0 Å². The monoisotopic (exact) mass is 240 g/mol. The van der Waals surface area contributed by atoms with E-state index in [-0.39, 0.29) is 11.8 Å². The molecule has 0 fully saturated rings. The van der Waals surface area contributed by atoms with Gasteiger partial charge in [-0.3, -0.25) is 4.79 Å². The first-order valence-corrected chi connectivity index (χ1v) is 5.89. The number of hydrogen-bond acceptors (Lipinski definition) is 2. The standard InChI is InChI=1S/C12H17ClN2O/c1-4-9(5-2)12(16)15-10-8(3)6-7-14-11(10)13/h6-7,9H,4-5H2,1-3H3,(H,15,16). The number of rotatable bonds is 4. The van der Waals surface area contributed by atoms with E-state index in [0.29, 0.717) is 10.8 Å². The smallest absolute Gasteiger partial charge is 0.227 e. The molecule has 0 saturated carbocycles. The quantitative estimate of drug-likeness (QED) is 0.820. The molecule has 1 amide bonds. The third kappa shape index (κ3) is 2.95. The van der Waals surface area contributed by atoms with Crippen molar-refractivity contribution in [3.05, 3.63) is 23.0 Å². The summed E-state index contributed by atoms with van der Waals surface area (Å²) in [7, 11) is 0. The fourth-order valence-corrected chi connectivity index (χ4v) is 1.81. The molecule has 16 heavy (non-hydrogen) atoms. The van der Waals surface area contributed by atoms with Gasteiger partial charge in [0.2, 0.25) is 5.91 Å². The lowest BCUT2D eigenvalue weighted by molar-refractivity contribution is -0.120. The topological polar surface area (TPSA) is 42.0 Å². The van der Waals surface area contributed by atoms with Crippen molar-refractivity contribution in [2.45, 2.75) is 33.6 Å². The van der Waals surface area contributed by atoms with Gasteiger partial charge in [-0.25, -0.2) is 4.98 Å². The third-order valence-electron chi connectivity index (χ3n) is 2.72. The maximum Gasteiger partial charge on any atom is 0.227 e. The SMILES string of the molecule is CCC(CC)C(=O)Nc1c(C)ccnc1Cl. The molecule has 0 bridgehead atoms. The fraction of sp³-hybridized carbons (Fsp3) is 0.500. The fourth-order valence-electron chi connectivity index (χ4n) is 1.56. The van der Waals surface area contributed by atoms with E-state index in [1.165, 1.54) is 0 Å². The molecule has 0 aromatic carbocycles. The van der Waals surface area contributed by atoms with Gasteiger partial charge in [0.1, 0.15) is 0 Å². The number of carbonyl (C=O) groups is 1. The minimum Gasteiger partial charge on any atom is -0.323 e. The summed E-state index contributed by atoms with van der Waals surface area (Å²) >= 11 is 5.94. The van der Waals surface area contributed by atoms with E-state index in [1.807, 2.05) is 26.8 Å². The van der Waals surface area contributed by atoms with Crippen molar-refractivity contribution in [3.8, 4) is 0 Å². The Morgan fingerprint density at radius 2 is 2.12 bits per heavy atom. The van der Waals surface area contributed by atoms with Gasteiger partial charge >= 0.3 is 0 Å². The van der Waals surface area contributed by atoms with Crippen LogP contribution >= 0.6 is 11.6 Å². The van der Waals surface area contributed by atoms with E-state index in [0.717, 1.165) is 18.4 Å². The van der Waals surface area contributed by atoms with Crippen LogP contribution < -0.4 is 5.32 Å². The molecule has 88 valence electrons. The average Bonchev–Trinajstić information content (AvgIpc) is 2.25. The van der Waals surface area contributed by atoms with Crippen LogP contribution in [0.4, 0.5) is 5.69 Å². The average molecular weight is 241 g/mol. The van der Waals surface area contributed by atoms with Crippen molar-refractivity contribution in [2.24, 2.45) is 5.92 Å². The second kappa shape index (κ2) is 5.85. The molecule has 4 heteroatoms. The molecule has 1 N–H and O–H groups in total. The Morgan fingerprint density at radius 1 is 1.50 bits per heavy atom. The van der Waals surface area contributed by atoms with Gasteiger partial charge in [-0.2, -0.15) is 0 Å². The number of nitrogens with one attached hydrogen (secondary N) is 1. The number of hydrogen-bond donors (Lipinski definition) is 1. The molecule has 1 aromatic heterocycles. The number of pyridine rings is 1. The van der Waals surface area contributed by atoms with Crippen molar-refractivity contribution in [2.75, 3.05) is 5.32 Å². The normalized spacial score (nSPS) is 10.6. The highest BCUT2D eigenvalue weighted by molar-refractivity contribution is 6.32. The van der Waals surface area contributed by atoms with Crippen LogP contribution in [0.15, 0.2) is 12.3 Å². The summed E-state index contributed by atoms with van der Waals surface area (Å²) in [6.07, 6.45) is 3.29. The Hall–Kier alpha value is -1.09. The van der Waals surface area contributed by atoms with E-state index in [1.54, 1.807) is 6.20 Å². The molecule has 1 aromatic rings. The van der Waals surface area contributed by atoms with Gasteiger partial charge in [-0.15, -0.1) is 0 Å². The predicted molar refractivity (Wildman–Crippen MR) is 66.7 cm³/mol. The zero-order valence-electron chi connectivity index (χ0n) is 9.88. The maximum absolute atomic E-state index is 11.9. The molecule has 0 aliphatic rings. The Bertz CT molecular complexity index is 355. The molecule has 3 nitrogen and oxygen atoms in total. The van der Waals surface area contributed by atoms with Gasteiger partial charge < -0.3 is 5.32 Å². The predicted octanol–water partition coefficient (Wildman–Crippen LogP) is 3.42. The van der Waals surface area contributed by atoms with Crippen LogP contribution in [0.1, 0.15) is 32.3 Å². The van der Waals surface area contributed by atoms with Crippen molar-refractivity contribution in [1.82, 2.24) is 4.98 Å². The summed E-state index contributed by atoms with van der Waals surface area (Å²) in [5, 5.41) is 3.19. The highest BCUT2D eigenvalue weighted by Crippen LogP contribution is 2.24. The lowest BCUT2D eigenvalue weighted by Crippen LogP contribution is -2.22. The van der Waals surface area contributed by atoms with Crippen molar-refractivity contribution in [3.63, 3.8) is 0 Å². The van der Waals surface area contributed by atoms with Crippen LogP contribution in [0, 0.1) is 12.8 Å². The van der Waals surface area contributed by atoms with Crippen LogP contribution in [0.5, 0.6) is 0 Å². The second-order valence-electron chi connectivity index (χ2n) is 3.80. The van der Waals surface area contributed by atoms with E-state index in [4.69, 9.17) is 11.6 Å². The summed E-state index contributed by atoms with van der Waals surface area (Å²) in [5.74, 6) is 0.0543. The number of carbonyl (C=O) groups excluding carboxylic acids is 1. The molecule has 0 aliphatic carbocycles. The number of nitrogens with zero attached hydrogens (tertiary/aromatic N) is 1. The van der Waals surface area contributed by atoms with Crippen LogP contribution in [0.2, 0.25) is 5.15 Å². The molecule has 0 unspecified atom stereocenters. The highest BCUT2D eigenvalue weighted by atomic mass is 35.5. The first-order chi connectivity index (χ1) is 7.60. The van der Waals surface area contributed by atoms with Gasteiger partial charge in [-0.1, -0.05) is 25.4 Å². The zero-order chi connectivity index (χ0) is 12.1. The van der Waals surface area contributed by atoms with Gasteiger partial charge in [0.25, 0.3) is 0 Å². The van der Waals surface area contributed by atoms with Crippen LogP contribution in [-0.4, -0.2) is 10.9 Å². The Morgan fingerprint density at radius 3 is 2.62 bits per heavy atom. The number of aryl methyl sites for hydroxylation is 1. The molecule has 1 rings (SSSR count). The number of aromatic nitrogens is 1. The third-order valence-corrected chi connectivity index (χ3v) is 3.00. The Balaban J connectivity index is 2.84. The summed E-state index contributed by atoms with van der Waals surface area (Å²) in [6.45, 7) is 5.91. The van der Waals surface area contributed by atoms with Gasteiger partial charge in [0.15, 0.2) is 5.15 Å². The van der Waals surface area contributed by atoms with E-state index in [2.05, 4.69) is 10.3 Å². The molecule has 0 spiro atoms. The summed E-state index contributed by atoms with van der Waals surface area (Å²) < 4.78 is 0. The minimum absolute atomic E-state index is 0.0167. The number of anilines is 1. The number of halogens is 1. The zero-order valence-corrected chi connectivity index (χ0v) is 10.6. The molecule has 0 aliphatic heterocycles. The first kappa shape index (κ1) is 13.0. The van der Waals surface area contributed by atoms with Crippen molar-refractivity contribution >= 4 is 23.2 Å². The first-order valence-electron chi connectivity index (χ1n) is 5.52. The van der Waals surface area contributed by atoms with Gasteiger partial charge in [0.05, 0.1) is 5.69 Å². The Labute approximate surface area is 101 Å². The van der Waals surface area contributed by atoms with Gasteiger partial charge in [0, 0.05) is 12.1 Å². The lowest BCUT2D eigenvalue weighted by Gasteiger charge is -2.14. The molecular weight excluding hydrogens is 224 g/mol. The number of amides is 1. The molecule has 0 radical (unpaired) electrons. The lowest BCUT2D eigenvalue weighted by atomic mass is 10.0. The summed E-state index contributed by atoms with van der Waals surface area (Å²) in [5.41, 5.74) is 1.56. The van der Waals surface area contributed by atoms with Crippen molar-refractivity contribution < 1.29 is 4.79 Å².